The summed E-state index contributed by atoms with van der Waals surface area (Å²) in [6.45, 7) is 4.87. The number of carbonyl (C=O) groups is 1. The summed E-state index contributed by atoms with van der Waals surface area (Å²) in [6, 6.07) is 8.63. The molecule has 128 valence electrons. The van der Waals surface area contributed by atoms with E-state index in [4.69, 9.17) is 16.3 Å². The van der Waals surface area contributed by atoms with Crippen LogP contribution in [0.15, 0.2) is 36.7 Å². The van der Waals surface area contributed by atoms with Crippen LogP contribution < -0.4 is 10.1 Å². The molecule has 0 aliphatic carbocycles. The summed E-state index contributed by atoms with van der Waals surface area (Å²) in [5.41, 5.74) is 2.62. The number of aromatic nitrogens is 2. The molecular weight excluding hydrogens is 326 g/mol. The van der Waals surface area contributed by atoms with Crippen LogP contribution in [-0.2, 0) is 11.2 Å². The molecule has 0 unspecified atom stereocenters. The first-order valence-corrected chi connectivity index (χ1v) is 8.38. The van der Waals surface area contributed by atoms with Crippen molar-refractivity contribution in [3.63, 3.8) is 0 Å². The van der Waals surface area contributed by atoms with Crippen LogP contribution in [-0.4, -0.2) is 29.0 Å². The zero-order valence-corrected chi connectivity index (χ0v) is 14.7. The number of nitrogens with zero attached hydrogens (tertiary/aromatic N) is 2. The molecule has 24 heavy (non-hydrogen) atoms. The van der Waals surface area contributed by atoms with Crippen LogP contribution in [0.25, 0.3) is 0 Å². The summed E-state index contributed by atoms with van der Waals surface area (Å²) in [5.74, 6) is 0.595. The van der Waals surface area contributed by atoms with E-state index in [1.54, 1.807) is 0 Å². The molecule has 0 fully saturated rings. The van der Waals surface area contributed by atoms with Gasteiger partial charge in [-0.15, -0.1) is 0 Å². The zero-order chi connectivity index (χ0) is 17.4. The van der Waals surface area contributed by atoms with E-state index in [1.807, 2.05) is 0 Å². The number of benzene rings is 1. The molecule has 0 spiro atoms. The van der Waals surface area contributed by atoms with Crippen LogP contribution in [0, 0.1) is 0 Å². The van der Waals surface area contributed by atoms with Gasteiger partial charge in [-0.1, -0.05) is 49.7 Å². The van der Waals surface area contributed by atoms with E-state index in [0.29, 0.717) is 12.5 Å². The molecule has 1 N–H and O–H groups in total. The van der Waals surface area contributed by atoms with Gasteiger partial charge in [-0.25, -0.2) is 0 Å². The Balaban J connectivity index is 1.64. The standard InChI is InChI=1S/C18H22ClN3O2/c1-13(2)15-7-5-14(6-8-15)4-3-9-21-17(23)12-24-18-11-20-10-16(19)22-18/h5-8,10-11,13H,3-4,9,12H2,1-2H3,(H,21,23). The number of aryl methyl sites for hydroxylation is 1. The lowest BCUT2D eigenvalue weighted by molar-refractivity contribution is -0.123. The molecule has 0 saturated carbocycles. The lowest BCUT2D eigenvalue weighted by Crippen LogP contribution is -2.30. The van der Waals surface area contributed by atoms with Gasteiger partial charge in [0.1, 0.15) is 0 Å². The normalized spacial score (nSPS) is 10.7. The van der Waals surface area contributed by atoms with Crippen molar-refractivity contribution < 1.29 is 9.53 Å². The smallest absolute Gasteiger partial charge is 0.258 e. The first-order valence-electron chi connectivity index (χ1n) is 8.00. The van der Waals surface area contributed by atoms with Gasteiger partial charge in [-0.05, 0) is 29.9 Å². The zero-order valence-electron chi connectivity index (χ0n) is 14.0. The SMILES string of the molecule is CC(C)c1ccc(CCCNC(=O)COc2cncc(Cl)n2)cc1. The number of hydrogen-bond donors (Lipinski definition) is 1. The third-order valence-corrected chi connectivity index (χ3v) is 3.73. The fourth-order valence-electron chi connectivity index (χ4n) is 2.18. The van der Waals surface area contributed by atoms with E-state index in [2.05, 4.69) is 53.4 Å². The lowest BCUT2D eigenvalue weighted by atomic mass is 10.0. The highest BCUT2D eigenvalue weighted by Crippen LogP contribution is 2.15. The largest absolute Gasteiger partial charge is 0.466 e. The molecule has 1 heterocycles. The van der Waals surface area contributed by atoms with Gasteiger partial charge >= 0.3 is 0 Å². The van der Waals surface area contributed by atoms with Crippen molar-refractivity contribution in [1.82, 2.24) is 15.3 Å². The predicted molar refractivity (Wildman–Crippen MR) is 94.4 cm³/mol. The molecule has 2 rings (SSSR count). The van der Waals surface area contributed by atoms with E-state index in [9.17, 15) is 4.79 Å². The quantitative estimate of drug-likeness (QED) is 0.743. The number of carbonyl (C=O) groups excluding carboxylic acids is 1. The minimum absolute atomic E-state index is 0.0991. The maximum Gasteiger partial charge on any atom is 0.258 e. The van der Waals surface area contributed by atoms with E-state index >= 15 is 0 Å². The summed E-state index contributed by atoms with van der Waals surface area (Å²) >= 11 is 5.69. The third kappa shape index (κ3) is 6.16. The molecule has 0 atom stereocenters. The van der Waals surface area contributed by atoms with Gasteiger partial charge in [0.15, 0.2) is 11.8 Å². The summed E-state index contributed by atoms with van der Waals surface area (Å²) in [5, 5.41) is 3.06. The van der Waals surface area contributed by atoms with Crippen molar-refractivity contribution in [2.24, 2.45) is 0 Å². The van der Waals surface area contributed by atoms with Crippen LogP contribution in [0.2, 0.25) is 5.15 Å². The summed E-state index contributed by atoms with van der Waals surface area (Å²) in [4.78, 5) is 19.5. The molecule has 0 aliphatic heterocycles. The molecule has 0 saturated heterocycles. The first-order chi connectivity index (χ1) is 11.5. The fraction of sp³-hybridized carbons (Fsp3) is 0.389. The average Bonchev–Trinajstić information content (AvgIpc) is 2.57. The highest BCUT2D eigenvalue weighted by Gasteiger charge is 2.04. The van der Waals surface area contributed by atoms with Gasteiger partial charge in [-0.3, -0.25) is 9.78 Å². The number of halogens is 1. The van der Waals surface area contributed by atoms with E-state index < -0.39 is 0 Å². The number of ether oxygens (including phenoxy) is 1. The fourth-order valence-corrected chi connectivity index (χ4v) is 2.31. The Morgan fingerprint density at radius 2 is 2.00 bits per heavy atom. The van der Waals surface area contributed by atoms with Gasteiger partial charge in [0.05, 0.1) is 12.4 Å². The highest BCUT2D eigenvalue weighted by atomic mass is 35.5. The van der Waals surface area contributed by atoms with E-state index in [0.717, 1.165) is 12.8 Å². The Morgan fingerprint density at radius 3 is 2.67 bits per heavy atom. The van der Waals surface area contributed by atoms with Crippen LogP contribution in [0.5, 0.6) is 5.88 Å². The van der Waals surface area contributed by atoms with Crippen LogP contribution in [0.3, 0.4) is 0 Å². The lowest BCUT2D eigenvalue weighted by Gasteiger charge is -2.08. The van der Waals surface area contributed by atoms with Crippen molar-refractivity contribution >= 4 is 17.5 Å². The summed E-state index contributed by atoms with van der Waals surface area (Å²) < 4.78 is 5.23. The highest BCUT2D eigenvalue weighted by molar-refractivity contribution is 6.29. The monoisotopic (exact) mass is 347 g/mol. The van der Waals surface area contributed by atoms with Crippen molar-refractivity contribution in [3.8, 4) is 5.88 Å². The van der Waals surface area contributed by atoms with E-state index in [-0.39, 0.29) is 23.5 Å². The second-order valence-electron chi connectivity index (χ2n) is 5.82. The molecule has 0 aliphatic rings. The van der Waals surface area contributed by atoms with Gasteiger partial charge < -0.3 is 10.1 Å². The first kappa shape index (κ1) is 18.2. The molecule has 1 amide bonds. The second kappa shape index (κ2) is 9.23. The van der Waals surface area contributed by atoms with Crippen molar-refractivity contribution in [1.29, 1.82) is 0 Å². The van der Waals surface area contributed by atoms with Crippen molar-refractivity contribution in [3.05, 3.63) is 52.9 Å². The Labute approximate surface area is 147 Å². The molecule has 6 heteroatoms. The Kier molecular flexibility index (Phi) is 7.00. The maximum atomic E-state index is 11.7. The molecule has 5 nitrogen and oxygen atoms in total. The van der Waals surface area contributed by atoms with Crippen molar-refractivity contribution in [2.75, 3.05) is 13.2 Å². The Hall–Kier alpha value is -2.14. The topological polar surface area (TPSA) is 64.1 Å². The second-order valence-corrected chi connectivity index (χ2v) is 6.21. The van der Waals surface area contributed by atoms with Crippen molar-refractivity contribution in [2.45, 2.75) is 32.6 Å². The summed E-state index contributed by atoms with van der Waals surface area (Å²) in [6.07, 6.45) is 4.63. The van der Waals surface area contributed by atoms with Crippen LogP contribution in [0.4, 0.5) is 0 Å². The molecule has 1 aromatic carbocycles. The number of rotatable bonds is 8. The minimum Gasteiger partial charge on any atom is -0.466 e. The molecule has 0 radical (unpaired) electrons. The average molecular weight is 348 g/mol. The Morgan fingerprint density at radius 1 is 1.25 bits per heavy atom. The maximum absolute atomic E-state index is 11.7. The van der Waals surface area contributed by atoms with Gasteiger partial charge in [-0.2, -0.15) is 4.98 Å². The van der Waals surface area contributed by atoms with Gasteiger partial charge in [0.2, 0.25) is 5.88 Å². The third-order valence-electron chi connectivity index (χ3n) is 3.54. The Bertz CT molecular complexity index is 660. The van der Waals surface area contributed by atoms with Crippen LogP contribution in [0.1, 0.15) is 37.3 Å². The molecule has 2 aromatic rings. The number of amides is 1. The number of hydrogen-bond acceptors (Lipinski definition) is 4. The number of nitrogens with one attached hydrogen (secondary N) is 1. The van der Waals surface area contributed by atoms with E-state index in [1.165, 1.54) is 23.5 Å². The molecule has 1 aromatic heterocycles. The van der Waals surface area contributed by atoms with Crippen LogP contribution >= 0.6 is 11.6 Å². The van der Waals surface area contributed by atoms with Gasteiger partial charge in [0, 0.05) is 6.54 Å². The molecule has 0 bridgehead atoms. The van der Waals surface area contributed by atoms with Gasteiger partial charge in [0.25, 0.3) is 5.91 Å². The molecular formula is C18H22ClN3O2. The predicted octanol–water partition coefficient (Wildman–Crippen LogP) is 3.38. The minimum atomic E-state index is -0.188. The summed E-state index contributed by atoms with van der Waals surface area (Å²) in [7, 11) is 0.